The van der Waals surface area contributed by atoms with Gasteiger partial charge in [-0.3, -0.25) is 0 Å². The molecule has 2 aromatic rings. The standard InChI is InChI=1S/C19H22FN5O/c1-18(2,26)19-7-14(8-19)25(10-19)17-6-16(22-11-23-17)24-15-4-3-13(20)5-12(15)9-21/h3-6,9,11,14,21,26H,7-8,10H2,1-2H3,(H,22,23,24). The van der Waals surface area contributed by atoms with Crippen molar-refractivity contribution >= 4 is 23.5 Å². The Kier molecular flexibility index (Phi) is 3.73. The van der Waals surface area contributed by atoms with Gasteiger partial charge in [0.2, 0.25) is 0 Å². The van der Waals surface area contributed by atoms with Crippen molar-refractivity contribution in [2.24, 2.45) is 5.41 Å². The number of hydrogen-bond acceptors (Lipinski definition) is 6. The van der Waals surface area contributed by atoms with Crippen LogP contribution in [0.1, 0.15) is 32.3 Å². The van der Waals surface area contributed by atoms with E-state index in [9.17, 15) is 9.50 Å². The average molecular weight is 355 g/mol. The zero-order valence-electron chi connectivity index (χ0n) is 14.8. The van der Waals surface area contributed by atoms with E-state index < -0.39 is 5.60 Å². The molecule has 5 rings (SSSR count). The van der Waals surface area contributed by atoms with Gasteiger partial charge in [-0.1, -0.05) is 0 Å². The van der Waals surface area contributed by atoms with Crippen LogP contribution < -0.4 is 10.2 Å². The first kappa shape index (κ1) is 16.9. The highest BCUT2D eigenvalue weighted by atomic mass is 19.1. The quantitative estimate of drug-likeness (QED) is 0.718. The lowest BCUT2D eigenvalue weighted by Gasteiger charge is -2.45. The topological polar surface area (TPSA) is 85.1 Å². The Hall–Kier alpha value is -2.54. The van der Waals surface area contributed by atoms with E-state index in [4.69, 9.17) is 5.41 Å². The lowest BCUT2D eigenvalue weighted by Crippen LogP contribution is -2.50. The molecule has 3 aliphatic rings. The van der Waals surface area contributed by atoms with Crippen molar-refractivity contribution in [3.8, 4) is 0 Å². The molecule has 0 atom stereocenters. The van der Waals surface area contributed by atoms with Crippen molar-refractivity contribution in [3.63, 3.8) is 0 Å². The number of fused-ring (bicyclic) bond motifs is 1. The molecule has 136 valence electrons. The average Bonchev–Trinajstić information content (AvgIpc) is 3.13. The summed E-state index contributed by atoms with van der Waals surface area (Å²) in [5.74, 6) is 1.02. The molecule has 6 nitrogen and oxygen atoms in total. The Balaban J connectivity index is 1.57. The minimum atomic E-state index is -0.709. The predicted molar refractivity (Wildman–Crippen MR) is 98.7 cm³/mol. The molecule has 3 heterocycles. The summed E-state index contributed by atoms with van der Waals surface area (Å²) in [6.07, 6.45) is 4.55. The second kappa shape index (κ2) is 5.74. The maximum absolute atomic E-state index is 13.3. The fraction of sp³-hybridized carbons (Fsp3) is 0.421. The number of nitrogens with one attached hydrogen (secondary N) is 2. The molecule has 3 N–H and O–H groups in total. The molecule has 0 spiro atoms. The molecule has 2 saturated heterocycles. The first-order valence-electron chi connectivity index (χ1n) is 8.69. The summed E-state index contributed by atoms with van der Waals surface area (Å²) in [6.45, 7) is 4.54. The number of nitrogens with zero attached hydrogens (tertiary/aromatic N) is 3. The Labute approximate surface area is 151 Å². The number of aliphatic hydroxyl groups is 1. The zero-order chi connectivity index (χ0) is 18.5. The van der Waals surface area contributed by atoms with Crippen molar-refractivity contribution in [2.75, 3.05) is 16.8 Å². The van der Waals surface area contributed by atoms with E-state index in [0.717, 1.165) is 31.4 Å². The van der Waals surface area contributed by atoms with Crippen molar-refractivity contribution in [2.45, 2.75) is 38.3 Å². The third-order valence-corrected chi connectivity index (χ3v) is 5.84. The van der Waals surface area contributed by atoms with Crippen molar-refractivity contribution in [1.82, 2.24) is 9.97 Å². The molecule has 2 aliphatic heterocycles. The summed E-state index contributed by atoms with van der Waals surface area (Å²) in [5.41, 5.74) is 0.291. The summed E-state index contributed by atoms with van der Waals surface area (Å²) in [6, 6.07) is 6.50. The molecule has 1 aromatic heterocycles. The number of halogens is 1. The minimum Gasteiger partial charge on any atom is -0.390 e. The second-order valence-electron chi connectivity index (χ2n) is 7.79. The Morgan fingerprint density at radius 2 is 2.12 bits per heavy atom. The Morgan fingerprint density at radius 3 is 2.77 bits per heavy atom. The molecular formula is C19H22FN5O. The van der Waals surface area contributed by atoms with Crippen molar-refractivity contribution in [3.05, 3.63) is 42.0 Å². The maximum atomic E-state index is 13.3. The smallest absolute Gasteiger partial charge is 0.135 e. The van der Waals surface area contributed by atoms with E-state index >= 15 is 0 Å². The number of aromatic nitrogens is 2. The number of rotatable bonds is 5. The van der Waals surface area contributed by atoms with E-state index in [0.29, 0.717) is 23.1 Å². The highest BCUT2D eigenvalue weighted by Crippen LogP contribution is 2.58. The summed E-state index contributed by atoms with van der Waals surface area (Å²) in [5, 5.41) is 21.1. The zero-order valence-corrected chi connectivity index (χ0v) is 14.8. The van der Waals surface area contributed by atoms with Gasteiger partial charge >= 0.3 is 0 Å². The van der Waals surface area contributed by atoms with Crippen molar-refractivity contribution in [1.29, 1.82) is 5.41 Å². The molecule has 0 amide bonds. The van der Waals surface area contributed by atoms with E-state index in [1.54, 1.807) is 6.07 Å². The molecular weight excluding hydrogens is 333 g/mol. The van der Waals surface area contributed by atoms with E-state index in [-0.39, 0.29) is 11.2 Å². The highest BCUT2D eigenvalue weighted by Gasteiger charge is 2.62. The summed E-state index contributed by atoms with van der Waals surface area (Å²) >= 11 is 0. The van der Waals surface area contributed by atoms with Crippen LogP contribution in [0.2, 0.25) is 0 Å². The third-order valence-electron chi connectivity index (χ3n) is 5.84. The first-order valence-corrected chi connectivity index (χ1v) is 8.69. The van der Waals surface area contributed by atoms with Crippen LogP contribution in [0.4, 0.5) is 21.7 Å². The van der Waals surface area contributed by atoms with Crippen LogP contribution in [-0.4, -0.2) is 39.5 Å². The number of hydrogen-bond donors (Lipinski definition) is 3. The van der Waals surface area contributed by atoms with Gasteiger partial charge in [0.15, 0.2) is 0 Å². The summed E-state index contributed by atoms with van der Waals surface area (Å²) in [7, 11) is 0. The van der Waals surface area contributed by atoms with Gasteiger partial charge in [-0.2, -0.15) is 0 Å². The van der Waals surface area contributed by atoms with Crippen LogP contribution in [-0.2, 0) is 0 Å². The monoisotopic (exact) mass is 355 g/mol. The van der Waals surface area contributed by atoms with Gasteiger partial charge in [-0.05, 0) is 44.9 Å². The van der Waals surface area contributed by atoms with Gasteiger partial charge in [-0.15, -0.1) is 0 Å². The molecule has 7 heteroatoms. The normalized spacial score (nSPS) is 24.3. The summed E-state index contributed by atoms with van der Waals surface area (Å²) in [4.78, 5) is 10.9. The largest absolute Gasteiger partial charge is 0.390 e. The molecule has 0 radical (unpaired) electrons. The Morgan fingerprint density at radius 1 is 1.35 bits per heavy atom. The van der Waals surface area contributed by atoms with Crippen molar-refractivity contribution < 1.29 is 9.50 Å². The molecule has 26 heavy (non-hydrogen) atoms. The number of benzene rings is 1. The summed E-state index contributed by atoms with van der Waals surface area (Å²) < 4.78 is 13.3. The molecule has 3 fully saturated rings. The highest BCUT2D eigenvalue weighted by molar-refractivity contribution is 5.87. The van der Waals surface area contributed by atoms with E-state index in [2.05, 4.69) is 20.2 Å². The van der Waals surface area contributed by atoms with Gasteiger partial charge in [0.05, 0.1) is 5.60 Å². The van der Waals surface area contributed by atoms with Crippen LogP contribution >= 0.6 is 0 Å². The van der Waals surface area contributed by atoms with E-state index in [1.807, 2.05) is 19.9 Å². The van der Waals surface area contributed by atoms with Gasteiger partial charge in [0.25, 0.3) is 0 Å². The third kappa shape index (κ3) is 2.63. The van der Waals surface area contributed by atoms with E-state index in [1.165, 1.54) is 18.5 Å². The van der Waals surface area contributed by atoms with Crippen LogP contribution in [0, 0.1) is 16.6 Å². The molecule has 1 aliphatic carbocycles. The van der Waals surface area contributed by atoms with Gasteiger partial charge in [-0.25, -0.2) is 14.4 Å². The number of anilines is 3. The molecule has 2 bridgehead atoms. The molecule has 1 aromatic carbocycles. The molecule has 1 saturated carbocycles. The Bertz CT molecular complexity index is 857. The fourth-order valence-electron chi connectivity index (χ4n) is 4.09. The lowest BCUT2D eigenvalue weighted by molar-refractivity contribution is -0.0754. The van der Waals surface area contributed by atoms with Crippen LogP contribution in [0.5, 0.6) is 0 Å². The molecule has 0 unspecified atom stereocenters. The minimum absolute atomic E-state index is 0.0689. The fourth-order valence-corrected chi connectivity index (χ4v) is 4.09. The second-order valence-corrected chi connectivity index (χ2v) is 7.79. The van der Waals surface area contributed by atoms with Crippen LogP contribution in [0.25, 0.3) is 0 Å². The maximum Gasteiger partial charge on any atom is 0.135 e. The predicted octanol–water partition coefficient (Wildman–Crippen LogP) is 3.10. The van der Waals surface area contributed by atoms with Gasteiger partial charge < -0.3 is 20.7 Å². The van der Waals surface area contributed by atoms with Gasteiger partial charge in [0, 0.05) is 41.5 Å². The van der Waals surface area contributed by atoms with Crippen LogP contribution in [0.15, 0.2) is 30.6 Å². The SMILES string of the molecule is CC(C)(O)C12CC(C1)N(c1cc(Nc3ccc(F)cc3C=N)ncn1)C2. The first-order chi connectivity index (χ1) is 12.3. The van der Waals surface area contributed by atoms with Gasteiger partial charge in [0.1, 0.15) is 23.8 Å². The lowest BCUT2D eigenvalue weighted by atomic mass is 9.61. The van der Waals surface area contributed by atoms with Crippen LogP contribution in [0.3, 0.4) is 0 Å².